The molecule has 1 aromatic carbocycles. The molecule has 0 atom stereocenters. The molecule has 0 fully saturated rings. The Hall–Kier alpha value is -1.05. The van der Waals surface area contributed by atoms with Gasteiger partial charge >= 0.3 is 0 Å². The summed E-state index contributed by atoms with van der Waals surface area (Å²) in [7, 11) is -3.60. The molecule has 0 saturated carbocycles. The van der Waals surface area contributed by atoms with Crippen molar-refractivity contribution in [1.82, 2.24) is 0 Å². The van der Waals surface area contributed by atoms with Gasteiger partial charge in [-0.25, -0.2) is 8.42 Å². The second-order valence-electron chi connectivity index (χ2n) is 3.75. The third-order valence-electron chi connectivity index (χ3n) is 2.28. The summed E-state index contributed by atoms with van der Waals surface area (Å²) in [4.78, 5) is 0. The van der Waals surface area contributed by atoms with Crippen molar-refractivity contribution in [3.05, 3.63) is 39.7 Å². The SMILES string of the molecule is Cc1ccc(N)c(NS(=O)(=O)c2sccc2Br)c1. The number of aryl methyl sites for hydroxylation is 1. The van der Waals surface area contributed by atoms with E-state index in [1.165, 1.54) is 0 Å². The minimum atomic E-state index is -3.60. The van der Waals surface area contributed by atoms with Crippen molar-refractivity contribution in [1.29, 1.82) is 0 Å². The lowest BCUT2D eigenvalue weighted by atomic mass is 10.2. The smallest absolute Gasteiger partial charge is 0.272 e. The van der Waals surface area contributed by atoms with Crippen molar-refractivity contribution >= 4 is 48.7 Å². The van der Waals surface area contributed by atoms with Crippen LogP contribution in [0.1, 0.15) is 5.56 Å². The fraction of sp³-hybridized carbons (Fsp3) is 0.0909. The fourth-order valence-corrected chi connectivity index (χ4v) is 4.84. The molecule has 4 nitrogen and oxygen atoms in total. The maximum atomic E-state index is 12.2. The molecule has 0 aliphatic heterocycles. The topological polar surface area (TPSA) is 72.2 Å². The van der Waals surface area contributed by atoms with Crippen LogP contribution in [-0.2, 0) is 10.0 Å². The molecular formula is C11H11BrN2O2S2. The van der Waals surface area contributed by atoms with Gasteiger partial charge in [0.1, 0.15) is 0 Å². The summed E-state index contributed by atoms with van der Waals surface area (Å²) in [6.45, 7) is 1.87. The van der Waals surface area contributed by atoms with E-state index in [0.29, 0.717) is 15.8 Å². The Kier molecular flexibility index (Phi) is 3.65. The lowest BCUT2D eigenvalue weighted by Crippen LogP contribution is -2.13. The number of benzene rings is 1. The summed E-state index contributed by atoms with van der Waals surface area (Å²) in [5.74, 6) is 0. The van der Waals surface area contributed by atoms with Gasteiger partial charge in [0.25, 0.3) is 10.0 Å². The van der Waals surface area contributed by atoms with E-state index in [0.717, 1.165) is 16.9 Å². The Morgan fingerprint density at radius 1 is 1.33 bits per heavy atom. The van der Waals surface area contributed by atoms with Gasteiger partial charge in [0.15, 0.2) is 4.21 Å². The second kappa shape index (κ2) is 4.91. The second-order valence-corrected chi connectivity index (χ2v) is 7.40. The number of nitrogen functional groups attached to an aromatic ring is 1. The minimum absolute atomic E-state index is 0.239. The summed E-state index contributed by atoms with van der Waals surface area (Å²) in [5.41, 5.74) is 7.49. The molecule has 0 saturated heterocycles. The monoisotopic (exact) mass is 346 g/mol. The van der Waals surface area contributed by atoms with Gasteiger partial charge in [-0.05, 0) is 52.0 Å². The number of rotatable bonds is 3. The van der Waals surface area contributed by atoms with Crippen LogP contribution in [0.2, 0.25) is 0 Å². The number of thiophene rings is 1. The number of anilines is 2. The Bertz CT molecular complexity index is 680. The Labute approximate surface area is 118 Å². The molecule has 0 unspecified atom stereocenters. The zero-order valence-corrected chi connectivity index (χ0v) is 12.7. The lowest BCUT2D eigenvalue weighted by Gasteiger charge is -2.10. The third kappa shape index (κ3) is 2.68. The number of hydrogen-bond donors (Lipinski definition) is 2. The molecule has 0 radical (unpaired) electrons. The molecule has 3 N–H and O–H groups in total. The predicted molar refractivity (Wildman–Crippen MR) is 78.4 cm³/mol. The first kappa shape index (κ1) is 13.4. The summed E-state index contributed by atoms with van der Waals surface area (Å²) < 4.78 is 27.6. The van der Waals surface area contributed by atoms with Gasteiger partial charge in [-0.3, -0.25) is 4.72 Å². The average Bonchev–Trinajstić information content (AvgIpc) is 2.70. The number of sulfonamides is 1. The van der Waals surface area contributed by atoms with E-state index in [1.54, 1.807) is 23.6 Å². The van der Waals surface area contributed by atoms with Crippen LogP contribution in [0.5, 0.6) is 0 Å². The summed E-state index contributed by atoms with van der Waals surface area (Å²) in [6, 6.07) is 6.90. The van der Waals surface area contributed by atoms with Crippen LogP contribution in [0.4, 0.5) is 11.4 Å². The third-order valence-corrected chi connectivity index (χ3v) is 6.32. The van der Waals surface area contributed by atoms with Crippen LogP contribution in [0.3, 0.4) is 0 Å². The van der Waals surface area contributed by atoms with Crippen LogP contribution >= 0.6 is 27.3 Å². The standard InChI is InChI=1S/C11H11BrN2O2S2/c1-7-2-3-9(13)10(6-7)14-18(15,16)11-8(12)4-5-17-11/h2-6,14H,13H2,1H3. The number of nitrogens with one attached hydrogen (secondary N) is 1. The lowest BCUT2D eigenvalue weighted by molar-refractivity contribution is 0.603. The largest absolute Gasteiger partial charge is 0.397 e. The van der Waals surface area contributed by atoms with Gasteiger partial charge in [0.2, 0.25) is 0 Å². The zero-order chi connectivity index (χ0) is 13.3. The van der Waals surface area contributed by atoms with Gasteiger partial charge in [-0.15, -0.1) is 11.3 Å². The molecule has 0 aliphatic carbocycles. The van der Waals surface area contributed by atoms with Gasteiger partial charge in [-0.2, -0.15) is 0 Å². The first-order valence-corrected chi connectivity index (χ1v) is 8.17. The predicted octanol–water partition coefficient (Wildman–Crippen LogP) is 3.20. The van der Waals surface area contributed by atoms with Crippen LogP contribution in [0.25, 0.3) is 0 Å². The van der Waals surface area contributed by atoms with E-state index < -0.39 is 10.0 Å². The molecule has 2 aromatic rings. The Balaban J connectivity index is 2.40. The maximum absolute atomic E-state index is 12.2. The van der Waals surface area contributed by atoms with Crippen molar-refractivity contribution in [2.45, 2.75) is 11.1 Å². The molecule has 0 amide bonds. The summed E-state index contributed by atoms with van der Waals surface area (Å²) >= 11 is 4.36. The van der Waals surface area contributed by atoms with Crippen molar-refractivity contribution in [3.8, 4) is 0 Å². The first-order chi connectivity index (χ1) is 8.40. The number of halogens is 1. The highest BCUT2D eigenvalue weighted by atomic mass is 79.9. The molecule has 0 aliphatic rings. The highest BCUT2D eigenvalue weighted by Gasteiger charge is 2.20. The van der Waals surface area contributed by atoms with Crippen molar-refractivity contribution in [2.75, 3.05) is 10.5 Å². The van der Waals surface area contributed by atoms with Crippen LogP contribution < -0.4 is 10.5 Å². The zero-order valence-electron chi connectivity index (χ0n) is 9.48. The molecule has 1 aromatic heterocycles. The van der Waals surface area contributed by atoms with Crippen molar-refractivity contribution in [2.24, 2.45) is 0 Å². The molecule has 0 spiro atoms. The Morgan fingerprint density at radius 2 is 2.06 bits per heavy atom. The van der Waals surface area contributed by atoms with Crippen LogP contribution in [-0.4, -0.2) is 8.42 Å². The van der Waals surface area contributed by atoms with Crippen molar-refractivity contribution in [3.63, 3.8) is 0 Å². The van der Waals surface area contributed by atoms with Crippen molar-refractivity contribution < 1.29 is 8.42 Å². The first-order valence-electron chi connectivity index (χ1n) is 5.02. The highest BCUT2D eigenvalue weighted by Crippen LogP contribution is 2.30. The van der Waals surface area contributed by atoms with Gasteiger partial charge in [-0.1, -0.05) is 6.07 Å². The maximum Gasteiger partial charge on any atom is 0.272 e. The van der Waals surface area contributed by atoms with E-state index in [4.69, 9.17) is 5.73 Å². The average molecular weight is 347 g/mol. The van der Waals surface area contributed by atoms with Gasteiger partial charge in [0.05, 0.1) is 11.4 Å². The van der Waals surface area contributed by atoms with E-state index in [2.05, 4.69) is 20.7 Å². The molecule has 18 heavy (non-hydrogen) atoms. The Morgan fingerprint density at radius 3 is 2.67 bits per heavy atom. The number of nitrogens with two attached hydrogens (primary N) is 1. The van der Waals surface area contributed by atoms with E-state index >= 15 is 0 Å². The fourth-order valence-electron chi connectivity index (χ4n) is 1.42. The molecular weight excluding hydrogens is 336 g/mol. The number of hydrogen-bond acceptors (Lipinski definition) is 4. The van der Waals surface area contributed by atoms with Crippen LogP contribution in [0.15, 0.2) is 38.3 Å². The quantitative estimate of drug-likeness (QED) is 0.838. The summed E-state index contributed by atoms with van der Waals surface area (Å²) in [5, 5.41) is 1.71. The van der Waals surface area contributed by atoms with E-state index in [9.17, 15) is 8.42 Å². The van der Waals surface area contributed by atoms with E-state index in [-0.39, 0.29) is 4.21 Å². The normalized spacial score (nSPS) is 11.4. The summed E-state index contributed by atoms with van der Waals surface area (Å²) in [6.07, 6.45) is 0. The van der Waals surface area contributed by atoms with Gasteiger partial charge < -0.3 is 5.73 Å². The minimum Gasteiger partial charge on any atom is -0.397 e. The molecule has 2 rings (SSSR count). The molecule has 0 bridgehead atoms. The van der Waals surface area contributed by atoms with E-state index in [1.807, 2.05) is 13.0 Å². The van der Waals surface area contributed by atoms with Crippen LogP contribution in [0, 0.1) is 6.92 Å². The molecule has 1 heterocycles. The van der Waals surface area contributed by atoms with Gasteiger partial charge in [0, 0.05) is 4.47 Å². The molecule has 7 heteroatoms. The highest BCUT2D eigenvalue weighted by molar-refractivity contribution is 9.10. The molecule has 96 valence electrons.